The summed E-state index contributed by atoms with van der Waals surface area (Å²) in [6, 6.07) is 6.19. The van der Waals surface area contributed by atoms with Crippen molar-refractivity contribution in [2.45, 2.75) is 6.54 Å². The average Bonchev–Trinajstić information content (AvgIpc) is 2.52. The number of ether oxygens (including phenoxy) is 2. The van der Waals surface area contributed by atoms with Crippen molar-refractivity contribution in [1.29, 1.82) is 0 Å². The molecule has 0 heterocycles. The third-order valence-corrected chi connectivity index (χ3v) is 2.57. The number of rotatable bonds is 6. The first-order chi connectivity index (χ1) is 10.5. The van der Waals surface area contributed by atoms with Crippen LogP contribution >= 0.6 is 0 Å². The van der Waals surface area contributed by atoms with E-state index in [2.05, 4.69) is 20.1 Å². The van der Waals surface area contributed by atoms with Gasteiger partial charge < -0.3 is 25.8 Å². The van der Waals surface area contributed by atoms with E-state index in [0.29, 0.717) is 5.69 Å². The lowest BCUT2D eigenvalue weighted by molar-refractivity contribution is -0.138. The molecule has 22 heavy (non-hydrogen) atoms. The maximum absolute atomic E-state index is 11.6. The number of methoxy groups -OCH3 is 2. The molecule has 1 aromatic carbocycles. The Kier molecular flexibility index (Phi) is 6.42. The molecule has 0 aliphatic rings. The second-order valence-electron chi connectivity index (χ2n) is 4.11. The Morgan fingerprint density at radius 3 is 2.27 bits per heavy atom. The number of carbonyl (C=O) groups is 3. The molecule has 0 aromatic heterocycles. The van der Waals surface area contributed by atoms with Crippen molar-refractivity contribution < 1.29 is 23.9 Å². The minimum absolute atomic E-state index is 0.0580. The zero-order valence-electron chi connectivity index (χ0n) is 12.2. The van der Waals surface area contributed by atoms with Crippen LogP contribution in [-0.2, 0) is 25.6 Å². The molecule has 0 atom stereocenters. The van der Waals surface area contributed by atoms with E-state index in [1.165, 1.54) is 14.2 Å². The summed E-state index contributed by atoms with van der Waals surface area (Å²) in [5.74, 6) is -1.39. The normalized spacial score (nSPS) is 10.5. The van der Waals surface area contributed by atoms with E-state index in [1.54, 1.807) is 24.3 Å². The van der Waals surface area contributed by atoms with Crippen LogP contribution in [0.4, 0.5) is 10.5 Å². The van der Waals surface area contributed by atoms with E-state index in [-0.39, 0.29) is 12.2 Å². The van der Waals surface area contributed by atoms with Crippen LogP contribution < -0.4 is 16.4 Å². The Bertz CT molecular complexity index is 581. The fourth-order valence-electron chi connectivity index (χ4n) is 1.48. The third kappa shape index (κ3) is 5.53. The summed E-state index contributed by atoms with van der Waals surface area (Å²) in [7, 11) is 2.40. The van der Waals surface area contributed by atoms with Crippen molar-refractivity contribution in [3.05, 3.63) is 41.6 Å². The molecule has 8 heteroatoms. The molecule has 0 unspecified atom stereocenters. The van der Waals surface area contributed by atoms with Crippen molar-refractivity contribution in [3.63, 3.8) is 0 Å². The smallest absolute Gasteiger partial charge is 0.354 e. The molecule has 0 radical (unpaired) electrons. The summed E-state index contributed by atoms with van der Waals surface area (Å²) in [5, 5.41) is 5.22. The molecule has 0 saturated carbocycles. The highest BCUT2D eigenvalue weighted by Gasteiger charge is 2.12. The molecule has 2 amide bonds. The molecule has 0 fully saturated rings. The SMILES string of the molecule is COC(=O)/C=C(/Nc1ccc(CNC(N)=O)cc1)C(=O)OC. The molecule has 0 bridgehead atoms. The van der Waals surface area contributed by atoms with E-state index in [0.717, 1.165) is 11.6 Å². The number of nitrogens with two attached hydrogens (primary N) is 1. The molecule has 0 spiro atoms. The van der Waals surface area contributed by atoms with Crippen LogP contribution in [0.2, 0.25) is 0 Å². The van der Waals surface area contributed by atoms with Crippen LogP contribution in [-0.4, -0.2) is 32.2 Å². The summed E-state index contributed by atoms with van der Waals surface area (Å²) in [6.45, 7) is 0.289. The molecule has 118 valence electrons. The minimum Gasteiger partial charge on any atom is -0.466 e. The highest BCUT2D eigenvalue weighted by Crippen LogP contribution is 2.13. The van der Waals surface area contributed by atoms with Crippen molar-refractivity contribution in [2.24, 2.45) is 5.73 Å². The molecule has 1 aromatic rings. The van der Waals surface area contributed by atoms with E-state index >= 15 is 0 Å². The van der Waals surface area contributed by atoms with Crippen molar-refractivity contribution >= 4 is 23.7 Å². The maximum atomic E-state index is 11.6. The Balaban J connectivity index is 2.81. The molecule has 4 N–H and O–H groups in total. The molecule has 0 aliphatic heterocycles. The van der Waals surface area contributed by atoms with Crippen LogP contribution in [0.1, 0.15) is 5.56 Å². The van der Waals surface area contributed by atoms with Crippen LogP contribution in [0.5, 0.6) is 0 Å². The number of primary amides is 1. The lowest BCUT2D eigenvalue weighted by Crippen LogP contribution is -2.28. The van der Waals surface area contributed by atoms with E-state index in [4.69, 9.17) is 5.73 Å². The monoisotopic (exact) mass is 307 g/mol. The molecular formula is C14H17N3O5. The Labute approximate surface area is 127 Å². The first kappa shape index (κ1) is 17.0. The van der Waals surface area contributed by atoms with Gasteiger partial charge in [-0.15, -0.1) is 0 Å². The van der Waals surface area contributed by atoms with Gasteiger partial charge in [0.1, 0.15) is 5.70 Å². The van der Waals surface area contributed by atoms with Crippen molar-refractivity contribution in [2.75, 3.05) is 19.5 Å². The Morgan fingerprint density at radius 2 is 1.77 bits per heavy atom. The number of hydrogen-bond donors (Lipinski definition) is 3. The Morgan fingerprint density at radius 1 is 1.14 bits per heavy atom. The van der Waals surface area contributed by atoms with Gasteiger partial charge in [0.15, 0.2) is 0 Å². The van der Waals surface area contributed by atoms with E-state index < -0.39 is 18.0 Å². The molecular weight excluding hydrogens is 290 g/mol. The first-order valence-electron chi connectivity index (χ1n) is 6.23. The minimum atomic E-state index is -0.704. The number of esters is 2. The fraction of sp³-hybridized carbons (Fsp3) is 0.214. The first-order valence-corrected chi connectivity index (χ1v) is 6.23. The van der Waals surface area contributed by atoms with E-state index in [9.17, 15) is 14.4 Å². The largest absolute Gasteiger partial charge is 0.466 e. The van der Waals surface area contributed by atoms with Gasteiger partial charge in [0.05, 0.1) is 20.3 Å². The maximum Gasteiger partial charge on any atom is 0.354 e. The standard InChI is InChI=1S/C14H17N3O5/c1-21-12(18)7-11(13(19)22-2)17-10-5-3-9(4-6-10)8-16-14(15)20/h3-7,17H,8H2,1-2H3,(H3,15,16,20)/b11-7+. The second-order valence-corrected chi connectivity index (χ2v) is 4.11. The van der Waals surface area contributed by atoms with Gasteiger partial charge in [-0.1, -0.05) is 12.1 Å². The lowest BCUT2D eigenvalue weighted by atomic mass is 10.2. The highest BCUT2D eigenvalue weighted by molar-refractivity contribution is 5.98. The molecule has 0 saturated heterocycles. The summed E-state index contributed by atoms with van der Waals surface area (Å²) in [4.78, 5) is 33.4. The van der Waals surface area contributed by atoms with Crippen LogP contribution in [0.15, 0.2) is 36.0 Å². The Hall–Kier alpha value is -3.03. The van der Waals surface area contributed by atoms with Crippen molar-refractivity contribution in [3.8, 4) is 0 Å². The van der Waals surface area contributed by atoms with Gasteiger partial charge in [0, 0.05) is 12.2 Å². The number of hydrogen-bond acceptors (Lipinski definition) is 6. The number of benzene rings is 1. The van der Waals surface area contributed by atoms with E-state index in [1.807, 2.05) is 0 Å². The van der Waals surface area contributed by atoms with Gasteiger partial charge in [-0.25, -0.2) is 14.4 Å². The zero-order valence-corrected chi connectivity index (χ0v) is 12.2. The zero-order chi connectivity index (χ0) is 16.5. The van der Waals surface area contributed by atoms with Gasteiger partial charge in [0.2, 0.25) is 0 Å². The predicted molar refractivity (Wildman–Crippen MR) is 78.6 cm³/mol. The van der Waals surface area contributed by atoms with Crippen LogP contribution in [0.25, 0.3) is 0 Å². The average molecular weight is 307 g/mol. The van der Waals surface area contributed by atoms with Gasteiger partial charge in [0.25, 0.3) is 0 Å². The van der Waals surface area contributed by atoms with Gasteiger partial charge in [-0.2, -0.15) is 0 Å². The second kappa shape index (κ2) is 8.30. The number of nitrogens with one attached hydrogen (secondary N) is 2. The number of urea groups is 1. The van der Waals surface area contributed by atoms with Gasteiger partial charge in [-0.3, -0.25) is 0 Å². The topological polar surface area (TPSA) is 120 Å². The third-order valence-electron chi connectivity index (χ3n) is 2.57. The van der Waals surface area contributed by atoms with Crippen LogP contribution in [0.3, 0.4) is 0 Å². The number of amides is 2. The predicted octanol–water partition coefficient (Wildman–Crippen LogP) is 0.497. The summed E-state index contributed by atoms with van der Waals surface area (Å²) in [6.07, 6.45) is 0.994. The number of carbonyl (C=O) groups excluding carboxylic acids is 3. The summed E-state index contributed by atoms with van der Waals surface area (Å²) >= 11 is 0. The summed E-state index contributed by atoms with van der Waals surface area (Å²) in [5.41, 5.74) is 6.30. The molecule has 8 nitrogen and oxygen atoms in total. The molecule has 0 aliphatic carbocycles. The van der Waals surface area contributed by atoms with Gasteiger partial charge >= 0.3 is 18.0 Å². The van der Waals surface area contributed by atoms with Crippen molar-refractivity contribution in [1.82, 2.24) is 5.32 Å². The molecule has 1 rings (SSSR count). The van der Waals surface area contributed by atoms with Crippen LogP contribution in [0, 0.1) is 0 Å². The summed E-state index contributed by atoms with van der Waals surface area (Å²) < 4.78 is 9.05. The van der Waals surface area contributed by atoms with Gasteiger partial charge in [-0.05, 0) is 17.7 Å². The lowest BCUT2D eigenvalue weighted by Gasteiger charge is -2.10. The quantitative estimate of drug-likeness (QED) is 0.520. The number of anilines is 1. The fourth-order valence-corrected chi connectivity index (χ4v) is 1.48. The highest BCUT2D eigenvalue weighted by atomic mass is 16.5.